The summed E-state index contributed by atoms with van der Waals surface area (Å²) in [7, 11) is -3.50. The molecule has 0 amide bonds. The first kappa shape index (κ1) is 18.7. The van der Waals surface area contributed by atoms with Crippen molar-refractivity contribution >= 4 is 9.84 Å². The number of fused-ring (bicyclic) bond motifs is 2. The van der Waals surface area contributed by atoms with Gasteiger partial charge in [0.1, 0.15) is 6.10 Å². The summed E-state index contributed by atoms with van der Waals surface area (Å²) in [6, 6.07) is 18.7. The molecule has 4 rings (SSSR count). The third-order valence-electron chi connectivity index (χ3n) is 6.09. The third kappa shape index (κ3) is 3.33. The Balaban J connectivity index is 1.63. The molecule has 0 aromatic heterocycles. The molecule has 0 saturated carbocycles. The highest BCUT2D eigenvalue weighted by atomic mass is 32.2. The lowest BCUT2D eigenvalue weighted by atomic mass is 9.91. The van der Waals surface area contributed by atoms with Crippen LogP contribution in [0.1, 0.15) is 32.3 Å². The Morgan fingerprint density at radius 2 is 1.70 bits per heavy atom. The average Bonchev–Trinajstić information content (AvgIpc) is 2.99. The van der Waals surface area contributed by atoms with Crippen molar-refractivity contribution in [1.29, 1.82) is 0 Å². The van der Waals surface area contributed by atoms with Crippen molar-refractivity contribution in [2.24, 2.45) is 5.92 Å². The van der Waals surface area contributed by atoms with Crippen molar-refractivity contribution in [3.63, 3.8) is 0 Å². The zero-order valence-electron chi connectivity index (χ0n) is 15.7. The van der Waals surface area contributed by atoms with Gasteiger partial charge in [0.05, 0.1) is 28.5 Å². The number of hydrogen-bond acceptors (Lipinski definition) is 4. The molecule has 4 nitrogen and oxygen atoms in total. The van der Waals surface area contributed by atoms with Crippen LogP contribution in [0.2, 0.25) is 0 Å². The molecule has 5 atom stereocenters. The summed E-state index contributed by atoms with van der Waals surface area (Å²) >= 11 is 0. The molecule has 0 unspecified atom stereocenters. The largest absolute Gasteiger partial charge is 0.370 e. The molecule has 144 valence electrons. The van der Waals surface area contributed by atoms with Crippen LogP contribution in [0.3, 0.4) is 0 Å². The maximum Gasteiger partial charge on any atom is 0.184 e. The second kappa shape index (κ2) is 7.04. The van der Waals surface area contributed by atoms with Crippen LogP contribution < -0.4 is 0 Å². The van der Waals surface area contributed by atoms with Gasteiger partial charge < -0.3 is 9.47 Å². The van der Waals surface area contributed by atoms with E-state index in [1.807, 2.05) is 50.2 Å². The summed E-state index contributed by atoms with van der Waals surface area (Å²) < 4.78 is 39.4. The lowest BCUT2D eigenvalue weighted by Gasteiger charge is -2.40. The Morgan fingerprint density at radius 1 is 1.07 bits per heavy atom. The van der Waals surface area contributed by atoms with Gasteiger partial charge in [0, 0.05) is 5.92 Å². The van der Waals surface area contributed by atoms with Crippen LogP contribution in [0.15, 0.2) is 65.6 Å². The smallest absolute Gasteiger partial charge is 0.184 e. The van der Waals surface area contributed by atoms with Crippen LogP contribution in [0.25, 0.3) is 0 Å². The van der Waals surface area contributed by atoms with E-state index in [4.69, 9.17) is 9.47 Å². The normalized spacial score (nSPS) is 33.1. The number of sulfone groups is 1. The van der Waals surface area contributed by atoms with Crippen LogP contribution in [-0.4, -0.2) is 31.5 Å². The zero-order valence-corrected chi connectivity index (χ0v) is 16.6. The van der Waals surface area contributed by atoms with Gasteiger partial charge in [-0.25, -0.2) is 8.42 Å². The first-order valence-corrected chi connectivity index (χ1v) is 11.1. The Bertz CT molecular complexity index is 881. The molecule has 2 bridgehead atoms. The molecule has 2 saturated heterocycles. The molecule has 0 spiro atoms. The highest BCUT2D eigenvalue weighted by Crippen LogP contribution is 2.48. The van der Waals surface area contributed by atoms with Crippen LogP contribution in [0, 0.1) is 5.92 Å². The van der Waals surface area contributed by atoms with Gasteiger partial charge in [0.25, 0.3) is 0 Å². The predicted octanol–water partition coefficient (Wildman–Crippen LogP) is 4.00. The van der Waals surface area contributed by atoms with Crippen molar-refractivity contribution in [3.8, 4) is 0 Å². The number of benzene rings is 2. The van der Waals surface area contributed by atoms with Crippen molar-refractivity contribution in [2.45, 2.75) is 61.3 Å². The van der Waals surface area contributed by atoms with Crippen molar-refractivity contribution in [2.75, 3.05) is 0 Å². The fourth-order valence-corrected chi connectivity index (χ4v) is 6.73. The fourth-order valence-electron chi connectivity index (χ4n) is 4.46. The van der Waals surface area contributed by atoms with E-state index in [1.165, 1.54) is 0 Å². The quantitative estimate of drug-likeness (QED) is 0.779. The van der Waals surface area contributed by atoms with Gasteiger partial charge in [-0.1, -0.05) is 55.5 Å². The lowest BCUT2D eigenvalue weighted by molar-refractivity contribution is -0.171. The van der Waals surface area contributed by atoms with E-state index < -0.39 is 26.8 Å². The maximum absolute atomic E-state index is 13.4. The minimum Gasteiger partial charge on any atom is -0.370 e. The Morgan fingerprint density at radius 3 is 2.37 bits per heavy atom. The molecule has 2 aliphatic heterocycles. The predicted molar refractivity (Wildman–Crippen MR) is 104 cm³/mol. The molecule has 2 heterocycles. The van der Waals surface area contributed by atoms with Gasteiger partial charge in [0.15, 0.2) is 9.84 Å². The number of rotatable bonds is 5. The SMILES string of the molecule is C[C@@H]1[C@H](S(=O)(=O)c2ccccc2)[C@@H]2O[C@H]1CC[C@]2(C)OCc1ccccc1. The van der Waals surface area contributed by atoms with Gasteiger partial charge in [0.2, 0.25) is 0 Å². The van der Waals surface area contributed by atoms with Gasteiger partial charge in [-0.2, -0.15) is 0 Å². The third-order valence-corrected chi connectivity index (χ3v) is 8.42. The molecule has 0 aliphatic carbocycles. The van der Waals surface area contributed by atoms with E-state index in [0.717, 1.165) is 18.4 Å². The van der Waals surface area contributed by atoms with E-state index in [9.17, 15) is 8.42 Å². The molecule has 0 radical (unpaired) electrons. The molecular weight excluding hydrogens is 360 g/mol. The summed E-state index contributed by atoms with van der Waals surface area (Å²) in [5.74, 6) is -0.0534. The van der Waals surface area contributed by atoms with Gasteiger partial charge >= 0.3 is 0 Å². The van der Waals surface area contributed by atoms with E-state index in [1.54, 1.807) is 24.3 Å². The lowest BCUT2D eigenvalue weighted by Crippen LogP contribution is -2.51. The monoisotopic (exact) mass is 386 g/mol. The van der Waals surface area contributed by atoms with E-state index in [-0.39, 0.29) is 12.0 Å². The molecule has 2 aromatic carbocycles. The maximum atomic E-state index is 13.4. The van der Waals surface area contributed by atoms with Crippen molar-refractivity contribution in [3.05, 3.63) is 66.2 Å². The highest BCUT2D eigenvalue weighted by Gasteiger charge is 2.59. The second-order valence-corrected chi connectivity index (χ2v) is 10.0. The summed E-state index contributed by atoms with van der Waals surface area (Å²) in [5, 5.41) is -0.590. The number of hydrogen-bond donors (Lipinski definition) is 0. The Labute approximate surface area is 161 Å². The van der Waals surface area contributed by atoms with E-state index in [0.29, 0.717) is 11.5 Å². The molecule has 2 aromatic rings. The summed E-state index contributed by atoms with van der Waals surface area (Å²) in [4.78, 5) is 0.364. The van der Waals surface area contributed by atoms with Crippen molar-refractivity contribution < 1.29 is 17.9 Å². The van der Waals surface area contributed by atoms with Crippen LogP contribution in [0.5, 0.6) is 0 Å². The molecule has 5 heteroatoms. The van der Waals surface area contributed by atoms with E-state index >= 15 is 0 Å². The molecular formula is C22H26O4S. The zero-order chi connectivity index (χ0) is 19.1. The summed E-state index contributed by atoms with van der Waals surface area (Å²) in [6.07, 6.45) is 1.15. The van der Waals surface area contributed by atoms with Crippen LogP contribution >= 0.6 is 0 Å². The van der Waals surface area contributed by atoms with Gasteiger partial charge in [-0.05, 0) is 37.5 Å². The molecule has 0 N–H and O–H groups in total. The van der Waals surface area contributed by atoms with Crippen molar-refractivity contribution in [1.82, 2.24) is 0 Å². The second-order valence-electron chi connectivity index (χ2n) is 7.90. The standard InChI is InChI=1S/C22H26O4S/c1-16-19-13-14-22(2,25-15-17-9-5-3-6-10-17)21(26-19)20(16)27(23,24)18-11-7-4-8-12-18/h3-12,16,19-21H,13-15H2,1-2H3/t16-,19-,20-,21-,22-/m0/s1. The highest BCUT2D eigenvalue weighted by molar-refractivity contribution is 7.92. The van der Waals surface area contributed by atoms with Gasteiger partial charge in [-0.15, -0.1) is 0 Å². The molecule has 2 aliphatic rings. The summed E-state index contributed by atoms with van der Waals surface area (Å²) in [5.41, 5.74) is 0.457. The van der Waals surface area contributed by atoms with Gasteiger partial charge in [-0.3, -0.25) is 0 Å². The van der Waals surface area contributed by atoms with E-state index in [2.05, 4.69) is 0 Å². The minimum absolute atomic E-state index is 0.0214. The molecule has 27 heavy (non-hydrogen) atoms. The summed E-state index contributed by atoms with van der Waals surface area (Å²) in [6.45, 7) is 4.45. The fraction of sp³-hybridized carbons (Fsp3) is 0.455. The van der Waals surface area contributed by atoms with Crippen LogP contribution in [-0.2, 0) is 25.9 Å². The average molecular weight is 387 g/mol. The Kier molecular flexibility index (Phi) is 4.87. The minimum atomic E-state index is -3.50. The number of ether oxygens (including phenoxy) is 2. The molecule has 2 fully saturated rings. The van der Waals surface area contributed by atoms with Crippen LogP contribution in [0.4, 0.5) is 0 Å². The Hall–Kier alpha value is -1.69. The first-order valence-electron chi connectivity index (χ1n) is 9.54. The first-order chi connectivity index (χ1) is 12.9. The topological polar surface area (TPSA) is 52.6 Å².